The molecule has 0 saturated heterocycles. The van der Waals surface area contributed by atoms with Crippen molar-refractivity contribution in [1.29, 1.82) is 0 Å². The highest BCUT2D eigenvalue weighted by molar-refractivity contribution is 5.26. The molecule has 1 heterocycles. The van der Waals surface area contributed by atoms with Crippen LogP contribution in [0.1, 0.15) is 22.5 Å². The Hall–Kier alpha value is -1.78. The minimum absolute atomic E-state index is 0.420. The molecule has 0 spiro atoms. The van der Waals surface area contributed by atoms with Gasteiger partial charge in [-0.1, -0.05) is 29.8 Å². The minimum atomic E-state index is -4.39. The van der Waals surface area contributed by atoms with Gasteiger partial charge in [0.2, 0.25) is 0 Å². The fourth-order valence-corrected chi connectivity index (χ4v) is 1.52. The van der Waals surface area contributed by atoms with Gasteiger partial charge in [0.05, 0.1) is 0 Å². The van der Waals surface area contributed by atoms with Crippen LogP contribution in [0.5, 0.6) is 0 Å². The van der Waals surface area contributed by atoms with Crippen molar-refractivity contribution in [2.24, 2.45) is 0 Å². The van der Waals surface area contributed by atoms with E-state index in [-0.39, 0.29) is 0 Å². The highest BCUT2D eigenvalue weighted by atomic mass is 19.4. The molecule has 2 rings (SSSR count). The quantitative estimate of drug-likeness (QED) is 0.857. The van der Waals surface area contributed by atoms with Crippen LogP contribution in [0.2, 0.25) is 0 Å². The van der Waals surface area contributed by atoms with Gasteiger partial charge in [-0.2, -0.15) is 18.3 Å². The molecule has 0 atom stereocenters. The van der Waals surface area contributed by atoms with Crippen LogP contribution in [-0.4, -0.2) is 10.2 Å². The molecule has 0 aliphatic rings. The normalized spacial score (nSPS) is 11.8. The number of nitrogens with zero attached hydrogens (tertiary/aromatic N) is 1. The molecule has 17 heavy (non-hydrogen) atoms. The van der Waals surface area contributed by atoms with E-state index in [0.29, 0.717) is 12.1 Å². The smallest absolute Gasteiger partial charge is 0.282 e. The molecule has 1 aromatic heterocycles. The van der Waals surface area contributed by atoms with Crippen molar-refractivity contribution in [2.45, 2.75) is 19.5 Å². The van der Waals surface area contributed by atoms with Gasteiger partial charge in [0, 0.05) is 12.1 Å². The second-order valence-electron chi connectivity index (χ2n) is 3.94. The fourth-order valence-electron chi connectivity index (χ4n) is 1.52. The van der Waals surface area contributed by atoms with Crippen molar-refractivity contribution >= 4 is 0 Å². The summed E-state index contributed by atoms with van der Waals surface area (Å²) in [4.78, 5) is 0. The summed E-state index contributed by atoms with van der Waals surface area (Å²) in [6.45, 7) is 1.96. The predicted octanol–water partition coefficient (Wildman–Crippen LogP) is 3.33. The number of hydrogen-bond acceptors (Lipinski definition) is 1. The Balaban J connectivity index is 2.14. The van der Waals surface area contributed by atoms with Crippen LogP contribution in [0.25, 0.3) is 0 Å². The molecule has 0 aliphatic heterocycles. The predicted molar refractivity (Wildman–Crippen MR) is 57.6 cm³/mol. The molecule has 0 unspecified atom stereocenters. The summed E-state index contributed by atoms with van der Waals surface area (Å²) in [5.74, 6) is 0. The third kappa shape index (κ3) is 2.87. The molecule has 1 aromatic carbocycles. The standard InChI is InChI=1S/C12H11F3N2/c1-8-2-4-9(5-3-8)6-10-7-11(17-16-10)12(13,14)15/h2-5,7H,6H2,1H3,(H,16,17). The number of benzene rings is 1. The zero-order valence-electron chi connectivity index (χ0n) is 9.17. The number of H-pyrrole nitrogens is 1. The van der Waals surface area contributed by atoms with Crippen LogP contribution in [-0.2, 0) is 12.6 Å². The first-order chi connectivity index (χ1) is 7.95. The topological polar surface area (TPSA) is 28.7 Å². The van der Waals surface area contributed by atoms with E-state index in [1.807, 2.05) is 31.2 Å². The molecule has 0 saturated carbocycles. The van der Waals surface area contributed by atoms with E-state index in [4.69, 9.17) is 0 Å². The number of aromatic nitrogens is 2. The van der Waals surface area contributed by atoms with Crippen LogP contribution in [0.15, 0.2) is 30.3 Å². The SMILES string of the molecule is Cc1ccc(Cc2cc(C(F)(F)F)n[nH]2)cc1. The molecule has 0 amide bonds. The van der Waals surface area contributed by atoms with E-state index in [0.717, 1.165) is 17.2 Å². The molecule has 2 aromatic rings. The van der Waals surface area contributed by atoms with Gasteiger partial charge in [0.25, 0.3) is 0 Å². The van der Waals surface area contributed by atoms with Gasteiger partial charge in [-0.05, 0) is 18.6 Å². The van der Waals surface area contributed by atoms with Crippen molar-refractivity contribution in [2.75, 3.05) is 0 Å². The van der Waals surface area contributed by atoms with E-state index in [9.17, 15) is 13.2 Å². The molecule has 90 valence electrons. The Kier molecular flexibility index (Phi) is 2.92. The number of nitrogens with one attached hydrogen (secondary N) is 1. The van der Waals surface area contributed by atoms with E-state index < -0.39 is 11.9 Å². The van der Waals surface area contributed by atoms with Gasteiger partial charge in [-0.3, -0.25) is 5.10 Å². The van der Waals surface area contributed by atoms with Crippen molar-refractivity contribution in [3.63, 3.8) is 0 Å². The first-order valence-corrected chi connectivity index (χ1v) is 5.12. The van der Waals surface area contributed by atoms with Crippen molar-refractivity contribution < 1.29 is 13.2 Å². The summed E-state index contributed by atoms with van der Waals surface area (Å²) in [5, 5.41) is 5.66. The van der Waals surface area contributed by atoms with Crippen molar-refractivity contribution in [1.82, 2.24) is 10.2 Å². The van der Waals surface area contributed by atoms with Crippen LogP contribution in [0.3, 0.4) is 0 Å². The third-order valence-electron chi connectivity index (χ3n) is 2.44. The Bertz CT molecular complexity index is 497. The maximum absolute atomic E-state index is 12.3. The highest BCUT2D eigenvalue weighted by Crippen LogP contribution is 2.28. The van der Waals surface area contributed by atoms with Gasteiger partial charge in [0.1, 0.15) is 0 Å². The van der Waals surface area contributed by atoms with Gasteiger partial charge < -0.3 is 0 Å². The largest absolute Gasteiger partial charge is 0.435 e. The second kappa shape index (κ2) is 4.24. The Labute approximate surface area is 96.5 Å². The summed E-state index contributed by atoms with van der Waals surface area (Å²) < 4.78 is 36.9. The maximum Gasteiger partial charge on any atom is 0.435 e. The average Bonchev–Trinajstić information content (AvgIpc) is 2.69. The number of hydrogen-bond donors (Lipinski definition) is 1. The third-order valence-corrected chi connectivity index (χ3v) is 2.44. The number of halogens is 3. The molecule has 5 heteroatoms. The van der Waals surface area contributed by atoms with E-state index in [1.165, 1.54) is 0 Å². The number of alkyl halides is 3. The summed E-state index contributed by atoms with van der Waals surface area (Å²) in [7, 11) is 0. The second-order valence-corrected chi connectivity index (χ2v) is 3.94. The van der Waals surface area contributed by atoms with Crippen molar-refractivity contribution in [3.8, 4) is 0 Å². The van der Waals surface area contributed by atoms with Gasteiger partial charge in [-0.25, -0.2) is 0 Å². The number of rotatable bonds is 2. The number of aryl methyl sites for hydroxylation is 1. The fraction of sp³-hybridized carbons (Fsp3) is 0.250. The summed E-state index contributed by atoms with van der Waals surface area (Å²) in [6, 6.07) is 8.68. The van der Waals surface area contributed by atoms with Gasteiger partial charge >= 0.3 is 6.18 Å². The van der Waals surface area contributed by atoms with E-state index in [2.05, 4.69) is 10.2 Å². The van der Waals surface area contributed by atoms with Crippen LogP contribution >= 0.6 is 0 Å². The molecule has 0 fully saturated rings. The molecule has 0 bridgehead atoms. The molecule has 2 nitrogen and oxygen atoms in total. The highest BCUT2D eigenvalue weighted by Gasteiger charge is 2.33. The summed E-state index contributed by atoms with van der Waals surface area (Å²) in [6.07, 6.45) is -3.97. The molecule has 1 N–H and O–H groups in total. The van der Waals surface area contributed by atoms with Crippen LogP contribution in [0.4, 0.5) is 13.2 Å². The van der Waals surface area contributed by atoms with Gasteiger partial charge in [0.15, 0.2) is 5.69 Å². The first kappa shape index (κ1) is 11.7. The van der Waals surface area contributed by atoms with E-state index in [1.54, 1.807) is 0 Å². The first-order valence-electron chi connectivity index (χ1n) is 5.12. The lowest BCUT2D eigenvalue weighted by Gasteiger charge is -2.00. The lowest BCUT2D eigenvalue weighted by molar-refractivity contribution is -0.141. The van der Waals surface area contributed by atoms with Crippen molar-refractivity contribution in [3.05, 3.63) is 52.8 Å². The number of aromatic amines is 1. The molecular formula is C12H11F3N2. The minimum Gasteiger partial charge on any atom is -0.282 e. The zero-order chi connectivity index (χ0) is 12.5. The monoisotopic (exact) mass is 240 g/mol. The Morgan fingerprint density at radius 3 is 2.35 bits per heavy atom. The Morgan fingerprint density at radius 1 is 1.18 bits per heavy atom. The lowest BCUT2D eigenvalue weighted by atomic mass is 10.1. The van der Waals surface area contributed by atoms with Crippen LogP contribution < -0.4 is 0 Å². The average molecular weight is 240 g/mol. The maximum atomic E-state index is 12.3. The molecule has 0 radical (unpaired) electrons. The molecule has 0 aliphatic carbocycles. The molecular weight excluding hydrogens is 229 g/mol. The Morgan fingerprint density at radius 2 is 1.82 bits per heavy atom. The lowest BCUT2D eigenvalue weighted by Crippen LogP contribution is -2.04. The summed E-state index contributed by atoms with van der Waals surface area (Å²) in [5.41, 5.74) is 1.66. The van der Waals surface area contributed by atoms with E-state index >= 15 is 0 Å². The zero-order valence-corrected chi connectivity index (χ0v) is 9.17. The van der Waals surface area contributed by atoms with Crippen LogP contribution in [0, 0.1) is 6.92 Å². The summed E-state index contributed by atoms with van der Waals surface area (Å²) >= 11 is 0. The van der Waals surface area contributed by atoms with Gasteiger partial charge in [-0.15, -0.1) is 0 Å².